The fourth-order valence-corrected chi connectivity index (χ4v) is 2.94. The van der Waals surface area contributed by atoms with Crippen molar-refractivity contribution >= 4 is 23.2 Å². The van der Waals surface area contributed by atoms with Gasteiger partial charge < -0.3 is 10.4 Å². The molecule has 116 valence electrons. The number of aromatic carboxylic acids is 1. The van der Waals surface area contributed by atoms with Crippen LogP contribution in [0.5, 0.6) is 0 Å². The quantitative estimate of drug-likeness (QED) is 0.860. The van der Waals surface area contributed by atoms with Crippen molar-refractivity contribution in [2.45, 2.75) is 25.7 Å². The van der Waals surface area contributed by atoms with Crippen LogP contribution in [0, 0.1) is 0 Å². The molecule has 0 spiro atoms. The predicted molar refractivity (Wildman–Crippen MR) is 87.5 cm³/mol. The summed E-state index contributed by atoms with van der Waals surface area (Å²) in [6.45, 7) is 4.76. The molecule has 2 N–H and O–H groups in total. The molecule has 1 heterocycles. The topological polar surface area (TPSA) is 66.4 Å². The minimum atomic E-state index is -0.964. The first kappa shape index (κ1) is 16.2. The Labute approximate surface area is 133 Å². The molecule has 0 saturated carbocycles. The second-order valence-electron chi connectivity index (χ2n) is 5.82. The van der Waals surface area contributed by atoms with E-state index >= 15 is 0 Å². The molecule has 0 saturated heterocycles. The minimum Gasteiger partial charge on any atom is -0.478 e. The highest BCUT2D eigenvalue weighted by Crippen LogP contribution is 2.26. The first-order valence-corrected chi connectivity index (χ1v) is 7.89. The van der Waals surface area contributed by atoms with Gasteiger partial charge in [0.2, 0.25) is 5.91 Å². The Bertz CT molecular complexity index is 645. The molecule has 0 bridgehead atoms. The summed E-state index contributed by atoms with van der Waals surface area (Å²) in [6.07, 6.45) is 0.250. The molecule has 0 aliphatic rings. The first-order chi connectivity index (χ1) is 10.4. The van der Waals surface area contributed by atoms with E-state index in [2.05, 4.69) is 25.2 Å². The van der Waals surface area contributed by atoms with Crippen molar-refractivity contribution in [2.24, 2.45) is 0 Å². The molecule has 0 atom stereocenters. The lowest BCUT2D eigenvalue weighted by Crippen LogP contribution is -2.36. The number of carbonyl (C=O) groups is 2. The van der Waals surface area contributed by atoms with Gasteiger partial charge in [-0.2, -0.15) is 0 Å². The van der Waals surface area contributed by atoms with Crippen LogP contribution in [0.2, 0.25) is 0 Å². The third-order valence-electron chi connectivity index (χ3n) is 3.48. The van der Waals surface area contributed by atoms with E-state index in [9.17, 15) is 9.59 Å². The molecule has 5 heteroatoms. The lowest BCUT2D eigenvalue weighted by molar-refractivity contribution is -0.120. The Morgan fingerprint density at radius 3 is 2.41 bits per heavy atom. The van der Waals surface area contributed by atoms with Gasteiger partial charge in [0, 0.05) is 16.8 Å². The van der Waals surface area contributed by atoms with Crippen LogP contribution in [0.1, 0.15) is 34.6 Å². The number of carboxylic acids is 1. The number of carboxylic acid groups (broad SMARTS) is 1. The maximum absolute atomic E-state index is 12.0. The van der Waals surface area contributed by atoms with Crippen LogP contribution in [0.4, 0.5) is 0 Å². The van der Waals surface area contributed by atoms with Crippen LogP contribution in [-0.2, 0) is 16.6 Å². The van der Waals surface area contributed by atoms with Gasteiger partial charge in [-0.05, 0) is 29.1 Å². The van der Waals surface area contributed by atoms with E-state index in [-0.39, 0.29) is 23.3 Å². The molecule has 0 aliphatic carbocycles. The fraction of sp³-hybridized carbons (Fsp3) is 0.294. The van der Waals surface area contributed by atoms with Crippen molar-refractivity contribution < 1.29 is 14.7 Å². The molecule has 1 amide bonds. The summed E-state index contributed by atoms with van der Waals surface area (Å²) < 4.78 is 0. The van der Waals surface area contributed by atoms with Crippen LogP contribution in [0.3, 0.4) is 0 Å². The van der Waals surface area contributed by atoms with Crippen LogP contribution < -0.4 is 5.32 Å². The SMILES string of the molecule is CC(C)(CNC(=O)Cc1ccc(C(=O)O)cc1)c1cccs1. The van der Waals surface area contributed by atoms with Crippen molar-refractivity contribution in [2.75, 3.05) is 6.54 Å². The summed E-state index contributed by atoms with van der Waals surface area (Å²) in [7, 11) is 0. The van der Waals surface area contributed by atoms with Crippen LogP contribution in [-0.4, -0.2) is 23.5 Å². The first-order valence-electron chi connectivity index (χ1n) is 7.01. The van der Waals surface area contributed by atoms with Gasteiger partial charge in [0.15, 0.2) is 0 Å². The van der Waals surface area contributed by atoms with Gasteiger partial charge in [0.1, 0.15) is 0 Å². The van der Waals surface area contributed by atoms with Crippen molar-refractivity contribution in [1.29, 1.82) is 0 Å². The van der Waals surface area contributed by atoms with Gasteiger partial charge in [0.25, 0.3) is 0 Å². The Morgan fingerprint density at radius 2 is 1.86 bits per heavy atom. The van der Waals surface area contributed by atoms with E-state index in [4.69, 9.17) is 5.11 Å². The second kappa shape index (κ2) is 6.75. The number of benzene rings is 1. The van der Waals surface area contributed by atoms with Crippen molar-refractivity contribution in [1.82, 2.24) is 5.32 Å². The monoisotopic (exact) mass is 317 g/mol. The molecule has 0 fully saturated rings. The molecule has 0 radical (unpaired) electrons. The number of hydrogen-bond donors (Lipinski definition) is 2. The molecular weight excluding hydrogens is 298 g/mol. The summed E-state index contributed by atoms with van der Waals surface area (Å²) in [5.74, 6) is -1.03. The summed E-state index contributed by atoms with van der Waals surface area (Å²) in [4.78, 5) is 24.0. The maximum atomic E-state index is 12.0. The molecule has 2 aromatic rings. The Kier molecular flexibility index (Phi) is 4.98. The fourth-order valence-electron chi connectivity index (χ4n) is 2.08. The van der Waals surface area contributed by atoms with Gasteiger partial charge in [0.05, 0.1) is 12.0 Å². The molecule has 1 aromatic heterocycles. The van der Waals surface area contributed by atoms with Gasteiger partial charge in [-0.25, -0.2) is 4.79 Å². The van der Waals surface area contributed by atoms with Crippen molar-refractivity contribution in [3.05, 3.63) is 57.8 Å². The number of hydrogen-bond acceptors (Lipinski definition) is 3. The van der Waals surface area contributed by atoms with Gasteiger partial charge >= 0.3 is 5.97 Å². The number of nitrogens with one attached hydrogen (secondary N) is 1. The molecule has 22 heavy (non-hydrogen) atoms. The highest BCUT2D eigenvalue weighted by molar-refractivity contribution is 7.10. The Hall–Kier alpha value is -2.14. The molecular formula is C17H19NO3S. The van der Waals surface area contributed by atoms with Gasteiger partial charge in [-0.1, -0.05) is 32.0 Å². The van der Waals surface area contributed by atoms with E-state index in [0.29, 0.717) is 6.54 Å². The van der Waals surface area contributed by atoms with Crippen LogP contribution >= 0.6 is 11.3 Å². The van der Waals surface area contributed by atoms with Crippen LogP contribution in [0.25, 0.3) is 0 Å². The maximum Gasteiger partial charge on any atom is 0.335 e. The third kappa shape index (κ3) is 4.18. The average molecular weight is 317 g/mol. The summed E-state index contributed by atoms with van der Waals surface area (Å²) in [5, 5.41) is 13.8. The lowest BCUT2D eigenvalue weighted by Gasteiger charge is -2.23. The number of rotatable bonds is 6. The highest BCUT2D eigenvalue weighted by atomic mass is 32.1. The average Bonchev–Trinajstić information content (AvgIpc) is 3.01. The largest absolute Gasteiger partial charge is 0.478 e. The van der Waals surface area contributed by atoms with Crippen molar-refractivity contribution in [3.8, 4) is 0 Å². The molecule has 1 aromatic carbocycles. The van der Waals surface area contributed by atoms with E-state index in [0.717, 1.165) is 5.56 Å². The zero-order valence-corrected chi connectivity index (χ0v) is 13.4. The zero-order chi connectivity index (χ0) is 16.2. The second-order valence-corrected chi connectivity index (χ2v) is 6.76. The number of carbonyl (C=O) groups excluding carboxylic acids is 1. The summed E-state index contributed by atoms with van der Waals surface area (Å²) in [5.41, 5.74) is 0.927. The summed E-state index contributed by atoms with van der Waals surface area (Å²) >= 11 is 1.68. The zero-order valence-electron chi connectivity index (χ0n) is 12.6. The van der Waals surface area contributed by atoms with Gasteiger partial charge in [-0.15, -0.1) is 11.3 Å². The van der Waals surface area contributed by atoms with Crippen molar-refractivity contribution in [3.63, 3.8) is 0 Å². The highest BCUT2D eigenvalue weighted by Gasteiger charge is 2.22. The van der Waals surface area contributed by atoms with E-state index in [1.807, 2.05) is 11.4 Å². The third-order valence-corrected chi connectivity index (χ3v) is 4.72. The van der Waals surface area contributed by atoms with E-state index in [1.165, 1.54) is 17.0 Å². The molecule has 0 aliphatic heterocycles. The molecule has 2 rings (SSSR count). The van der Waals surface area contributed by atoms with Gasteiger partial charge in [-0.3, -0.25) is 4.79 Å². The standard InChI is InChI=1S/C17H19NO3S/c1-17(2,14-4-3-9-22-14)11-18-15(19)10-12-5-7-13(8-6-12)16(20)21/h3-9H,10-11H2,1-2H3,(H,18,19)(H,20,21). The normalized spacial score (nSPS) is 11.2. The number of thiophene rings is 1. The molecule has 0 unspecified atom stereocenters. The molecule has 4 nitrogen and oxygen atoms in total. The smallest absolute Gasteiger partial charge is 0.335 e. The van der Waals surface area contributed by atoms with E-state index < -0.39 is 5.97 Å². The number of amides is 1. The van der Waals surface area contributed by atoms with E-state index in [1.54, 1.807) is 23.5 Å². The lowest BCUT2D eigenvalue weighted by atomic mass is 9.91. The Balaban J connectivity index is 1.89. The minimum absolute atomic E-state index is 0.0623. The predicted octanol–water partition coefficient (Wildman–Crippen LogP) is 3.08. The Morgan fingerprint density at radius 1 is 1.18 bits per heavy atom. The van der Waals surface area contributed by atoms with Crippen LogP contribution in [0.15, 0.2) is 41.8 Å². The summed E-state index contributed by atoms with van der Waals surface area (Å²) in [6, 6.07) is 10.5.